The lowest BCUT2D eigenvalue weighted by molar-refractivity contribution is 0.270. The highest BCUT2D eigenvalue weighted by atomic mass is 16.5. The van der Waals surface area contributed by atoms with Crippen LogP contribution in [0.1, 0.15) is 57.3 Å². The van der Waals surface area contributed by atoms with E-state index in [9.17, 15) is 0 Å². The number of anilines is 1. The van der Waals surface area contributed by atoms with Crippen molar-refractivity contribution in [2.45, 2.75) is 69.9 Å². The van der Waals surface area contributed by atoms with Gasteiger partial charge in [0.1, 0.15) is 0 Å². The minimum absolute atomic E-state index is 0.723. The fourth-order valence-corrected chi connectivity index (χ4v) is 4.32. The Kier molecular flexibility index (Phi) is 3.84. The molecule has 1 aromatic heterocycles. The average molecular weight is 290 g/mol. The molecular formula is C16H26N4O. The zero-order valence-electron chi connectivity index (χ0n) is 12.8. The van der Waals surface area contributed by atoms with Crippen molar-refractivity contribution >= 4 is 5.95 Å². The average Bonchev–Trinajstić information content (AvgIpc) is 2.96. The van der Waals surface area contributed by atoms with Gasteiger partial charge in [-0.05, 0) is 49.6 Å². The van der Waals surface area contributed by atoms with Crippen molar-refractivity contribution in [1.29, 1.82) is 0 Å². The molecule has 1 aromatic rings. The fraction of sp³-hybridized carbons (Fsp3) is 0.875. The lowest BCUT2D eigenvalue weighted by atomic mass is 9.90. The number of piperidine rings is 1. The van der Waals surface area contributed by atoms with Crippen molar-refractivity contribution in [3.05, 3.63) is 5.89 Å². The smallest absolute Gasteiger partial charge is 0.266 e. The van der Waals surface area contributed by atoms with Crippen molar-refractivity contribution in [1.82, 2.24) is 15.5 Å². The molecule has 0 amide bonds. The van der Waals surface area contributed by atoms with E-state index in [-0.39, 0.29) is 0 Å². The molecule has 0 saturated carbocycles. The third-order valence-corrected chi connectivity index (χ3v) is 5.38. The van der Waals surface area contributed by atoms with Crippen molar-refractivity contribution in [3.63, 3.8) is 0 Å². The molecule has 1 N–H and O–H groups in total. The number of fused-ring (bicyclic) bond motifs is 2. The first-order valence-corrected chi connectivity index (χ1v) is 8.70. The summed E-state index contributed by atoms with van der Waals surface area (Å²) in [6, 6.07) is 1.48. The van der Waals surface area contributed by atoms with E-state index in [0.717, 1.165) is 49.4 Å². The van der Waals surface area contributed by atoms with Gasteiger partial charge in [0.2, 0.25) is 5.89 Å². The number of nitrogens with zero attached hydrogens (tertiary/aromatic N) is 3. The molecule has 0 spiro atoms. The predicted octanol–water partition coefficient (Wildman–Crippen LogP) is 2.52. The van der Waals surface area contributed by atoms with Crippen molar-refractivity contribution in [2.24, 2.45) is 5.92 Å². The summed E-state index contributed by atoms with van der Waals surface area (Å²) in [6.45, 7) is 2.16. The number of rotatable bonds is 3. The van der Waals surface area contributed by atoms with Crippen LogP contribution in [0.4, 0.5) is 5.95 Å². The van der Waals surface area contributed by atoms with Crippen LogP contribution in [0.5, 0.6) is 0 Å². The van der Waals surface area contributed by atoms with Gasteiger partial charge in [0.05, 0.1) is 0 Å². The number of nitrogens with one attached hydrogen (secondary N) is 1. The van der Waals surface area contributed by atoms with E-state index in [1.165, 1.54) is 51.4 Å². The Hall–Kier alpha value is -1.10. The Morgan fingerprint density at radius 3 is 2.48 bits per heavy atom. The highest BCUT2D eigenvalue weighted by Gasteiger charge is 2.34. The van der Waals surface area contributed by atoms with Crippen LogP contribution in [0.3, 0.4) is 0 Å². The Morgan fingerprint density at radius 1 is 1.05 bits per heavy atom. The topological polar surface area (TPSA) is 54.2 Å². The standard InChI is InChI=1S/C16H26N4O/c1-2-4-8-20(7-3-1)16-18-15(21-19-16)11-12-9-13-5-6-14(10-12)17-13/h12-14,17H,1-11H2. The molecule has 2 unspecified atom stereocenters. The molecule has 3 saturated heterocycles. The highest BCUT2D eigenvalue weighted by molar-refractivity contribution is 5.27. The largest absolute Gasteiger partial charge is 0.338 e. The number of hydrogen-bond acceptors (Lipinski definition) is 5. The summed E-state index contributed by atoms with van der Waals surface area (Å²) in [5, 5.41) is 7.92. The summed E-state index contributed by atoms with van der Waals surface area (Å²) in [5.41, 5.74) is 0. The Labute approximate surface area is 126 Å². The second kappa shape index (κ2) is 5.95. The van der Waals surface area contributed by atoms with E-state index in [2.05, 4.69) is 20.4 Å². The molecule has 4 heterocycles. The molecule has 116 valence electrons. The van der Waals surface area contributed by atoms with Crippen LogP contribution in [0.15, 0.2) is 4.52 Å². The third kappa shape index (κ3) is 3.07. The first-order chi connectivity index (χ1) is 10.4. The van der Waals surface area contributed by atoms with Gasteiger partial charge in [-0.1, -0.05) is 12.8 Å². The first kappa shape index (κ1) is 13.6. The second-order valence-electron chi connectivity index (χ2n) is 7.07. The summed E-state index contributed by atoms with van der Waals surface area (Å²) in [5.74, 6) is 2.39. The van der Waals surface area contributed by atoms with E-state index in [1.54, 1.807) is 0 Å². The second-order valence-corrected chi connectivity index (χ2v) is 7.07. The monoisotopic (exact) mass is 290 g/mol. The van der Waals surface area contributed by atoms with Crippen LogP contribution in [-0.4, -0.2) is 35.3 Å². The van der Waals surface area contributed by atoms with E-state index in [4.69, 9.17) is 4.52 Å². The molecule has 2 atom stereocenters. The normalized spacial score (nSPS) is 33.1. The predicted molar refractivity (Wildman–Crippen MR) is 81.4 cm³/mol. The van der Waals surface area contributed by atoms with Crippen molar-refractivity contribution in [2.75, 3.05) is 18.0 Å². The summed E-state index contributed by atoms with van der Waals surface area (Å²) < 4.78 is 5.53. The van der Waals surface area contributed by atoms with Crippen LogP contribution in [0, 0.1) is 5.92 Å². The van der Waals surface area contributed by atoms with Gasteiger partial charge in [0, 0.05) is 31.6 Å². The van der Waals surface area contributed by atoms with Gasteiger partial charge in [-0.25, -0.2) is 0 Å². The van der Waals surface area contributed by atoms with Crippen LogP contribution >= 0.6 is 0 Å². The molecule has 21 heavy (non-hydrogen) atoms. The summed E-state index contributed by atoms with van der Waals surface area (Å²) >= 11 is 0. The Bertz CT molecular complexity index is 455. The summed E-state index contributed by atoms with van der Waals surface area (Å²) in [6.07, 6.45) is 11.4. The van der Waals surface area contributed by atoms with Crippen LogP contribution in [0.2, 0.25) is 0 Å². The van der Waals surface area contributed by atoms with Crippen LogP contribution in [-0.2, 0) is 6.42 Å². The zero-order chi connectivity index (χ0) is 14.1. The van der Waals surface area contributed by atoms with Gasteiger partial charge < -0.3 is 14.7 Å². The minimum atomic E-state index is 0.723. The van der Waals surface area contributed by atoms with Crippen molar-refractivity contribution in [3.8, 4) is 0 Å². The van der Waals surface area contributed by atoms with Gasteiger partial charge in [-0.15, -0.1) is 0 Å². The lowest BCUT2D eigenvalue weighted by Crippen LogP contribution is -2.38. The lowest BCUT2D eigenvalue weighted by Gasteiger charge is -2.28. The summed E-state index contributed by atoms with van der Waals surface area (Å²) in [4.78, 5) is 6.97. The molecule has 5 nitrogen and oxygen atoms in total. The molecule has 4 rings (SSSR count). The fourth-order valence-electron chi connectivity index (χ4n) is 4.32. The SMILES string of the molecule is C1CCCN(c2noc(CC3CC4CCC(C3)N4)n2)CC1. The number of aromatic nitrogens is 2. The molecule has 0 radical (unpaired) electrons. The van der Waals surface area contributed by atoms with E-state index in [1.807, 2.05) is 0 Å². The Balaban J connectivity index is 1.38. The van der Waals surface area contributed by atoms with Gasteiger partial charge in [-0.2, -0.15) is 4.98 Å². The molecule has 5 heteroatoms. The summed E-state index contributed by atoms with van der Waals surface area (Å²) in [7, 11) is 0. The van der Waals surface area contributed by atoms with Gasteiger partial charge in [0.25, 0.3) is 5.95 Å². The first-order valence-electron chi connectivity index (χ1n) is 8.70. The molecule has 2 bridgehead atoms. The van der Waals surface area contributed by atoms with Crippen LogP contribution < -0.4 is 10.2 Å². The van der Waals surface area contributed by atoms with Gasteiger partial charge in [-0.3, -0.25) is 0 Å². The molecule has 3 aliphatic rings. The van der Waals surface area contributed by atoms with E-state index in [0.29, 0.717) is 0 Å². The third-order valence-electron chi connectivity index (χ3n) is 5.38. The zero-order valence-corrected chi connectivity index (χ0v) is 12.8. The molecule has 0 aliphatic carbocycles. The van der Waals surface area contributed by atoms with Gasteiger partial charge in [0.15, 0.2) is 0 Å². The molecule has 0 aromatic carbocycles. The minimum Gasteiger partial charge on any atom is -0.338 e. The van der Waals surface area contributed by atoms with E-state index >= 15 is 0 Å². The van der Waals surface area contributed by atoms with E-state index < -0.39 is 0 Å². The maximum Gasteiger partial charge on any atom is 0.266 e. The molecule has 3 aliphatic heterocycles. The van der Waals surface area contributed by atoms with Crippen LogP contribution in [0.25, 0.3) is 0 Å². The molecular weight excluding hydrogens is 264 g/mol. The molecule has 3 fully saturated rings. The maximum atomic E-state index is 5.53. The maximum absolute atomic E-state index is 5.53. The highest BCUT2D eigenvalue weighted by Crippen LogP contribution is 2.32. The quantitative estimate of drug-likeness (QED) is 0.927. The van der Waals surface area contributed by atoms with Crippen molar-refractivity contribution < 1.29 is 4.52 Å². The van der Waals surface area contributed by atoms with Gasteiger partial charge >= 0.3 is 0 Å². The number of hydrogen-bond donors (Lipinski definition) is 1. The Morgan fingerprint density at radius 2 is 1.76 bits per heavy atom.